The highest BCUT2D eigenvalue weighted by Crippen LogP contribution is 2.27. The molecule has 0 aliphatic carbocycles. The van der Waals surface area contributed by atoms with E-state index in [9.17, 15) is 0 Å². The van der Waals surface area contributed by atoms with Crippen LogP contribution in [-0.2, 0) is 0 Å². The van der Waals surface area contributed by atoms with Gasteiger partial charge in [0.1, 0.15) is 12.4 Å². The molecule has 0 saturated heterocycles. The Labute approximate surface area is 246 Å². The van der Waals surface area contributed by atoms with Crippen LogP contribution in [-0.4, -0.2) is 4.98 Å². The van der Waals surface area contributed by atoms with Crippen LogP contribution >= 0.6 is 0 Å². The van der Waals surface area contributed by atoms with Gasteiger partial charge in [-0.2, -0.15) is 0 Å². The van der Waals surface area contributed by atoms with Crippen molar-refractivity contribution in [2.24, 2.45) is 0 Å². The normalized spacial score (nSPS) is 13.2. The van der Waals surface area contributed by atoms with E-state index >= 15 is 0 Å². The molecule has 0 aromatic carbocycles. The van der Waals surface area contributed by atoms with Crippen molar-refractivity contribution in [3.05, 3.63) is 18.2 Å². The van der Waals surface area contributed by atoms with Crippen molar-refractivity contribution in [3.8, 4) is 0 Å². The maximum Gasteiger partial charge on any atom is 0.257 e. The number of imidazole rings is 1. The number of nitrogens with zero attached hydrogens (tertiary/aromatic N) is 1. The lowest BCUT2D eigenvalue weighted by Gasteiger charge is -2.17. The summed E-state index contributed by atoms with van der Waals surface area (Å²) >= 11 is 0. The molecular formula is C37H73N2+. The van der Waals surface area contributed by atoms with Gasteiger partial charge in [0.05, 0.1) is 12.0 Å². The van der Waals surface area contributed by atoms with Gasteiger partial charge >= 0.3 is 0 Å². The Morgan fingerprint density at radius 1 is 0.487 bits per heavy atom. The van der Waals surface area contributed by atoms with Crippen LogP contribution in [0.5, 0.6) is 0 Å². The molecule has 1 aromatic heterocycles. The third-order valence-electron chi connectivity index (χ3n) is 9.14. The van der Waals surface area contributed by atoms with E-state index in [1.165, 1.54) is 186 Å². The van der Waals surface area contributed by atoms with Crippen molar-refractivity contribution < 1.29 is 4.57 Å². The van der Waals surface area contributed by atoms with Gasteiger partial charge in [0.25, 0.3) is 5.82 Å². The van der Waals surface area contributed by atoms with Crippen LogP contribution in [0.25, 0.3) is 0 Å². The summed E-state index contributed by atoms with van der Waals surface area (Å²) in [4.78, 5) is 3.73. The zero-order valence-corrected chi connectivity index (χ0v) is 27.6. The number of rotatable bonds is 30. The van der Waals surface area contributed by atoms with Crippen LogP contribution in [0.4, 0.5) is 0 Å². The van der Waals surface area contributed by atoms with E-state index in [-0.39, 0.29) is 0 Å². The standard InChI is InChI=1S/C37H72N2/c1-5-8-11-14-17-18-19-20-21-22-23-26-29-32-36(31-28-25-16-13-10-7-3)37-38-33-34-39(37)35(4)30-27-24-15-12-9-6-2/h33-36H,5-32H2,1-4H3/p+1. The van der Waals surface area contributed by atoms with E-state index < -0.39 is 0 Å². The van der Waals surface area contributed by atoms with Gasteiger partial charge in [0.2, 0.25) is 0 Å². The van der Waals surface area contributed by atoms with Crippen molar-refractivity contribution >= 4 is 0 Å². The molecule has 1 aromatic rings. The van der Waals surface area contributed by atoms with E-state index in [2.05, 4.69) is 49.6 Å². The second kappa shape index (κ2) is 27.4. The molecule has 0 amide bonds. The first kappa shape index (κ1) is 36.2. The van der Waals surface area contributed by atoms with Gasteiger partial charge in [0.15, 0.2) is 0 Å². The fraction of sp³-hybridized carbons (Fsp3) is 0.919. The van der Waals surface area contributed by atoms with E-state index in [1.54, 1.807) is 0 Å². The van der Waals surface area contributed by atoms with Crippen molar-refractivity contribution in [3.63, 3.8) is 0 Å². The van der Waals surface area contributed by atoms with Crippen LogP contribution in [0.2, 0.25) is 0 Å². The zero-order valence-electron chi connectivity index (χ0n) is 27.6. The van der Waals surface area contributed by atoms with Gasteiger partial charge in [-0.1, -0.05) is 175 Å². The molecule has 0 radical (unpaired) electrons. The lowest BCUT2D eigenvalue weighted by Crippen LogP contribution is -2.41. The number of H-pyrrole nitrogens is 1. The quantitative estimate of drug-likeness (QED) is 0.0732. The average Bonchev–Trinajstić information content (AvgIpc) is 3.44. The molecule has 2 heteroatoms. The first-order chi connectivity index (χ1) is 19.2. The van der Waals surface area contributed by atoms with Crippen LogP contribution in [0.15, 0.2) is 12.4 Å². The summed E-state index contributed by atoms with van der Waals surface area (Å²) in [5, 5.41) is 0. The molecule has 1 rings (SSSR count). The van der Waals surface area contributed by atoms with E-state index in [0.29, 0.717) is 12.0 Å². The lowest BCUT2D eigenvalue weighted by atomic mass is 9.92. The maximum atomic E-state index is 3.73. The molecule has 1 heterocycles. The summed E-state index contributed by atoms with van der Waals surface area (Å²) in [6.07, 6.45) is 44.2. The topological polar surface area (TPSA) is 19.7 Å². The molecule has 0 bridgehead atoms. The van der Waals surface area contributed by atoms with Crippen molar-refractivity contribution in [1.82, 2.24) is 4.98 Å². The fourth-order valence-corrected chi connectivity index (χ4v) is 6.43. The number of aromatic amines is 1. The minimum Gasteiger partial charge on any atom is -0.247 e. The Bertz CT molecular complexity index is 606. The molecule has 1 N–H and O–H groups in total. The fourth-order valence-electron chi connectivity index (χ4n) is 6.43. The Balaban J connectivity index is 2.39. The number of unbranched alkanes of at least 4 members (excludes halogenated alkanes) is 22. The summed E-state index contributed by atoms with van der Waals surface area (Å²) < 4.78 is 2.62. The summed E-state index contributed by atoms with van der Waals surface area (Å²) in [6, 6.07) is 0.621. The Kier molecular flexibility index (Phi) is 25.4. The van der Waals surface area contributed by atoms with Crippen LogP contribution in [0, 0.1) is 0 Å². The summed E-state index contributed by atoms with van der Waals surface area (Å²) in [5.41, 5.74) is 0. The third kappa shape index (κ3) is 19.8. The molecular weight excluding hydrogens is 472 g/mol. The van der Waals surface area contributed by atoms with E-state index in [4.69, 9.17) is 0 Å². The number of hydrogen-bond acceptors (Lipinski definition) is 0. The highest BCUT2D eigenvalue weighted by atomic mass is 15.1. The molecule has 2 unspecified atom stereocenters. The number of aromatic nitrogens is 2. The summed E-state index contributed by atoms with van der Waals surface area (Å²) in [7, 11) is 0. The predicted octanol–water partition coefficient (Wildman–Crippen LogP) is 12.9. The third-order valence-corrected chi connectivity index (χ3v) is 9.14. The highest BCUT2D eigenvalue weighted by Gasteiger charge is 2.25. The van der Waals surface area contributed by atoms with Gasteiger partial charge in [-0.05, 0) is 32.6 Å². The smallest absolute Gasteiger partial charge is 0.247 e. The van der Waals surface area contributed by atoms with Gasteiger partial charge < -0.3 is 0 Å². The summed E-state index contributed by atoms with van der Waals surface area (Å²) in [5.74, 6) is 2.24. The molecule has 0 saturated carbocycles. The van der Waals surface area contributed by atoms with E-state index in [0.717, 1.165) is 0 Å². The number of nitrogens with one attached hydrogen (secondary N) is 1. The van der Waals surface area contributed by atoms with Gasteiger partial charge in [-0.3, -0.25) is 0 Å². The molecule has 2 nitrogen and oxygen atoms in total. The molecule has 39 heavy (non-hydrogen) atoms. The zero-order chi connectivity index (χ0) is 28.2. The monoisotopic (exact) mass is 546 g/mol. The molecule has 0 spiro atoms. The van der Waals surface area contributed by atoms with Gasteiger partial charge in [-0.25, -0.2) is 9.55 Å². The van der Waals surface area contributed by atoms with Crippen LogP contribution in [0.3, 0.4) is 0 Å². The SMILES string of the molecule is CCCCCCCCCCCCCCCC(CCCCCCCC)c1[nH]cc[n+]1C(C)CCCCCCCC. The van der Waals surface area contributed by atoms with Crippen molar-refractivity contribution in [2.45, 2.75) is 219 Å². The number of hydrogen-bond donors (Lipinski definition) is 1. The predicted molar refractivity (Wildman–Crippen MR) is 175 cm³/mol. The Morgan fingerprint density at radius 3 is 1.21 bits per heavy atom. The highest BCUT2D eigenvalue weighted by molar-refractivity contribution is 4.90. The van der Waals surface area contributed by atoms with Crippen molar-refractivity contribution in [2.75, 3.05) is 0 Å². The maximum absolute atomic E-state index is 3.73. The van der Waals surface area contributed by atoms with Gasteiger partial charge in [-0.15, -0.1) is 0 Å². The molecule has 0 fully saturated rings. The first-order valence-corrected chi connectivity index (χ1v) is 18.3. The molecule has 0 aliphatic rings. The largest absolute Gasteiger partial charge is 0.257 e. The molecule has 2 atom stereocenters. The van der Waals surface area contributed by atoms with Crippen molar-refractivity contribution in [1.29, 1.82) is 0 Å². The molecule has 0 aliphatic heterocycles. The second-order valence-electron chi connectivity index (χ2n) is 12.9. The first-order valence-electron chi connectivity index (χ1n) is 18.3. The van der Waals surface area contributed by atoms with E-state index in [1.807, 2.05) is 0 Å². The molecule has 230 valence electrons. The Hall–Kier alpha value is -0.790. The lowest BCUT2D eigenvalue weighted by molar-refractivity contribution is -0.727. The average molecular weight is 546 g/mol. The minimum absolute atomic E-state index is 0.621. The van der Waals surface area contributed by atoms with Crippen LogP contribution < -0.4 is 4.57 Å². The Morgan fingerprint density at radius 2 is 0.821 bits per heavy atom. The summed E-state index contributed by atoms with van der Waals surface area (Å²) in [6.45, 7) is 9.40. The van der Waals surface area contributed by atoms with Crippen LogP contribution in [0.1, 0.15) is 225 Å². The second-order valence-corrected chi connectivity index (χ2v) is 12.9. The minimum atomic E-state index is 0.621. The van der Waals surface area contributed by atoms with Gasteiger partial charge in [0, 0.05) is 0 Å².